The van der Waals surface area contributed by atoms with Gasteiger partial charge in [0.15, 0.2) is 6.29 Å². The number of carbonyl (C=O) groups is 1. The second kappa shape index (κ2) is 5.02. The van der Waals surface area contributed by atoms with E-state index in [-0.39, 0.29) is 0 Å². The van der Waals surface area contributed by atoms with E-state index >= 15 is 0 Å². The maximum absolute atomic E-state index is 10.8. The number of ether oxygens (including phenoxy) is 1. The lowest BCUT2D eigenvalue weighted by molar-refractivity contribution is 0.112. The summed E-state index contributed by atoms with van der Waals surface area (Å²) in [4.78, 5) is 10.8. The van der Waals surface area contributed by atoms with Crippen LogP contribution in [-0.4, -0.2) is 13.4 Å². The highest BCUT2D eigenvalue weighted by Crippen LogP contribution is 2.25. The van der Waals surface area contributed by atoms with Crippen LogP contribution in [0.1, 0.15) is 10.4 Å². The van der Waals surface area contributed by atoms with Gasteiger partial charge in [-0.2, -0.15) is 0 Å². The molecule has 86 valence electrons. The Bertz CT molecular complexity index is 532. The summed E-state index contributed by atoms with van der Waals surface area (Å²) in [6.45, 7) is 0. The summed E-state index contributed by atoms with van der Waals surface area (Å²) < 4.78 is 5.09. The monoisotopic (exact) mass is 246 g/mol. The molecule has 0 unspecified atom stereocenters. The number of hydrogen-bond donors (Lipinski definition) is 0. The largest absolute Gasteiger partial charge is 0.497 e. The van der Waals surface area contributed by atoms with E-state index in [0.29, 0.717) is 10.6 Å². The molecule has 0 spiro atoms. The van der Waals surface area contributed by atoms with Gasteiger partial charge in [-0.15, -0.1) is 0 Å². The molecule has 0 fully saturated rings. The summed E-state index contributed by atoms with van der Waals surface area (Å²) in [6, 6.07) is 13.0. The van der Waals surface area contributed by atoms with E-state index in [1.165, 1.54) is 0 Å². The molecule has 0 aliphatic heterocycles. The first-order chi connectivity index (χ1) is 8.24. The van der Waals surface area contributed by atoms with Crippen molar-refractivity contribution in [2.24, 2.45) is 0 Å². The first-order valence-electron chi connectivity index (χ1n) is 5.14. The van der Waals surface area contributed by atoms with Gasteiger partial charge in [0.1, 0.15) is 5.75 Å². The minimum Gasteiger partial charge on any atom is -0.497 e. The number of rotatable bonds is 3. The summed E-state index contributed by atoms with van der Waals surface area (Å²) in [6.07, 6.45) is 0.759. The van der Waals surface area contributed by atoms with E-state index in [2.05, 4.69) is 0 Å². The van der Waals surface area contributed by atoms with E-state index < -0.39 is 0 Å². The van der Waals surface area contributed by atoms with Gasteiger partial charge in [-0.3, -0.25) is 4.79 Å². The first-order valence-corrected chi connectivity index (χ1v) is 5.51. The minimum absolute atomic E-state index is 0.470. The fourth-order valence-corrected chi connectivity index (χ4v) is 1.76. The highest BCUT2D eigenvalue weighted by Gasteiger charge is 2.03. The Morgan fingerprint density at radius 2 is 1.71 bits per heavy atom. The summed E-state index contributed by atoms with van der Waals surface area (Å²) in [5, 5.41) is 0.470. The molecule has 0 radical (unpaired) electrons. The van der Waals surface area contributed by atoms with Gasteiger partial charge in [-0.05, 0) is 35.4 Å². The zero-order chi connectivity index (χ0) is 12.3. The third kappa shape index (κ3) is 2.48. The maximum atomic E-state index is 10.8. The highest BCUT2D eigenvalue weighted by atomic mass is 35.5. The van der Waals surface area contributed by atoms with Crippen LogP contribution in [-0.2, 0) is 0 Å². The first kappa shape index (κ1) is 11.7. The van der Waals surface area contributed by atoms with Gasteiger partial charge in [0.25, 0.3) is 0 Å². The van der Waals surface area contributed by atoms with Crippen LogP contribution in [0.3, 0.4) is 0 Å². The predicted octanol–water partition coefficient (Wildman–Crippen LogP) is 3.83. The molecule has 0 bridgehead atoms. The van der Waals surface area contributed by atoms with Gasteiger partial charge in [-0.25, -0.2) is 0 Å². The van der Waals surface area contributed by atoms with Crippen LogP contribution >= 0.6 is 11.6 Å². The Morgan fingerprint density at radius 1 is 1.06 bits per heavy atom. The molecule has 0 aliphatic carbocycles. The van der Waals surface area contributed by atoms with E-state index in [9.17, 15) is 4.79 Å². The number of aldehydes is 1. The van der Waals surface area contributed by atoms with Crippen molar-refractivity contribution >= 4 is 17.9 Å². The number of halogens is 1. The van der Waals surface area contributed by atoms with Gasteiger partial charge >= 0.3 is 0 Å². The molecule has 2 nitrogen and oxygen atoms in total. The summed E-state index contributed by atoms with van der Waals surface area (Å²) >= 11 is 5.88. The number of methoxy groups -OCH3 is 1. The molecule has 0 saturated carbocycles. The summed E-state index contributed by atoms with van der Waals surface area (Å²) in [5.41, 5.74) is 2.48. The molecule has 2 aromatic carbocycles. The standard InChI is InChI=1S/C14H11ClO2/c1-17-13-5-2-10(3-6-13)11-4-7-14(15)12(8-11)9-16/h2-9H,1H3. The van der Waals surface area contributed by atoms with Crippen molar-refractivity contribution in [2.45, 2.75) is 0 Å². The summed E-state index contributed by atoms with van der Waals surface area (Å²) in [7, 11) is 1.63. The molecule has 0 saturated heterocycles. The highest BCUT2D eigenvalue weighted by molar-refractivity contribution is 6.33. The molecule has 17 heavy (non-hydrogen) atoms. The number of benzene rings is 2. The van der Waals surface area contributed by atoms with Gasteiger partial charge in [-0.1, -0.05) is 29.8 Å². The second-order valence-corrected chi connectivity index (χ2v) is 3.99. The maximum Gasteiger partial charge on any atom is 0.151 e. The Kier molecular flexibility index (Phi) is 3.45. The minimum atomic E-state index is 0.470. The van der Waals surface area contributed by atoms with Gasteiger partial charge in [0.2, 0.25) is 0 Å². The number of hydrogen-bond acceptors (Lipinski definition) is 2. The SMILES string of the molecule is COc1ccc(-c2ccc(Cl)c(C=O)c2)cc1. The third-order valence-corrected chi connectivity index (χ3v) is 2.89. The molecule has 0 atom stereocenters. The molecule has 3 heteroatoms. The van der Waals surface area contributed by atoms with Crippen molar-refractivity contribution in [3.63, 3.8) is 0 Å². The lowest BCUT2D eigenvalue weighted by atomic mass is 10.0. The van der Waals surface area contributed by atoms with Crippen LogP contribution in [0.2, 0.25) is 5.02 Å². The van der Waals surface area contributed by atoms with Crippen LogP contribution in [0.25, 0.3) is 11.1 Å². The Balaban J connectivity index is 2.41. The van der Waals surface area contributed by atoms with Crippen LogP contribution in [0, 0.1) is 0 Å². The lowest BCUT2D eigenvalue weighted by Crippen LogP contribution is -1.86. The van der Waals surface area contributed by atoms with Gasteiger partial charge < -0.3 is 4.74 Å². The van der Waals surface area contributed by atoms with Crippen molar-refractivity contribution in [1.29, 1.82) is 0 Å². The molecular weight excluding hydrogens is 236 g/mol. The van der Waals surface area contributed by atoms with E-state index in [4.69, 9.17) is 16.3 Å². The normalized spacial score (nSPS) is 10.0. The van der Waals surface area contributed by atoms with Crippen LogP contribution in [0.15, 0.2) is 42.5 Å². The molecule has 0 heterocycles. The molecule has 0 amide bonds. The average molecular weight is 247 g/mol. The quantitative estimate of drug-likeness (QED) is 0.770. The van der Waals surface area contributed by atoms with E-state index in [0.717, 1.165) is 23.2 Å². The van der Waals surface area contributed by atoms with Crippen LogP contribution in [0.4, 0.5) is 0 Å². The lowest BCUT2D eigenvalue weighted by Gasteiger charge is -2.05. The summed E-state index contributed by atoms with van der Waals surface area (Å²) in [5.74, 6) is 0.804. The smallest absolute Gasteiger partial charge is 0.151 e. The molecule has 0 aliphatic rings. The van der Waals surface area contributed by atoms with E-state index in [1.807, 2.05) is 30.3 Å². The predicted molar refractivity (Wildman–Crippen MR) is 68.8 cm³/mol. The van der Waals surface area contributed by atoms with Crippen molar-refractivity contribution in [2.75, 3.05) is 7.11 Å². The molecular formula is C14H11ClO2. The van der Waals surface area contributed by atoms with Crippen molar-refractivity contribution in [1.82, 2.24) is 0 Å². The Hall–Kier alpha value is -1.80. The van der Waals surface area contributed by atoms with Crippen molar-refractivity contribution in [3.05, 3.63) is 53.1 Å². The van der Waals surface area contributed by atoms with Crippen LogP contribution in [0.5, 0.6) is 5.75 Å². The molecule has 2 aromatic rings. The fourth-order valence-electron chi connectivity index (χ4n) is 1.60. The molecule has 0 aromatic heterocycles. The molecule has 0 N–H and O–H groups in total. The second-order valence-electron chi connectivity index (χ2n) is 3.58. The molecule has 2 rings (SSSR count). The van der Waals surface area contributed by atoms with Gasteiger partial charge in [0.05, 0.1) is 12.1 Å². The zero-order valence-electron chi connectivity index (χ0n) is 9.31. The topological polar surface area (TPSA) is 26.3 Å². The third-order valence-electron chi connectivity index (χ3n) is 2.55. The Morgan fingerprint density at radius 3 is 2.29 bits per heavy atom. The Labute approximate surface area is 105 Å². The fraction of sp³-hybridized carbons (Fsp3) is 0.0714. The van der Waals surface area contributed by atoms with Crippen molar-refractivity contribution in [3.8, 4) is 16.9 Å². The average Bonchev–Trinajstić information content (AvgIpc) is 2.39. The van der Waals surface area contributed by atoms with E-state index in [1.54, 1.807) is 19.2 Å². The zero-order valence-corrected chi connectivity index (χ0v) is 10.1. The van der Waals surface area contributed by atoms with Crippen molar-refractivity contribution < 1.29 is 9.53 Å². The van der Waals surface area contributed by atoms with Gasteiger partial charge in [0, 0.05) is 5.56 Å². The van der Waals surface area contributed by atoms with Crippen LogP contribution < -0.4 is 4.74 Å². The number of carbonyl (C=O) groups excluding carboxylic acids is 1.